The molecule has 0 bridgehead atoms. The third-order valence-electron chi connectivity index (χ3n) is 2.89. The maximum absolute atomic E-state index is 12.0. The molecule has 5 nitrogen and oxygen atoms in total. The van der Waals surface area contributed by atoms with Gasteiger partial charge < -0.3 is 0 Å². The van der Waals surface area contributed by atoms with Gasteiger partial charge in [0.25, 0.3) is 5.56 Å². The molecule has 0 unspecified atom stereocenters. The average molecular weight is 307 g/mol. The molecule has 0 aliphatic heterocycles. The second-order valence-corrected chi connectivity index (χ2v) is 8.52. The Kier molecular flexibility index (Phi) is 4.79. The maximum Gasteiger partial charge on any atom is 0.255 e. The molecule has 0 spiro atoms. The monoisotopic (exact) mass is 306 g/mol. The first-order valence-electron chi connectivity index (χ1n) is 6.07. The Morgan fingerprint density at radius 1 is 1.37 bits per heavy atom. The van der Waals surface area contributed by atoms with E-state index in [2.05, 4.69) is 4.98 Å². The first-order valence-corrected chi connectivity index (χ1v) is 8.10. The van der Waals surface area contributed by atoms with E-state index in [0.717, 1.165) is 0 Å². The summed E-state index contributed by atoms with van der Waals surface area (Å²) in [6.45, 7) is 6.88. The van der Waals surface area contributed by atoms with Crippen LogP contribution in [-0.2, 0) is 22.8 Å². The predicted molar refractivity (Wildman–Crippen MR) is 76.4 cm³/mol. The third kappa shape index (κ3) is 3.79. The van der Waals surface area contributed by atoms with Crippen molar-refractivity contribution in [2.24, 2.45) is 0 Å². The molecule has 0 atom stereocenters. The average Bonchev–Trinajstić information content (AvgIpc) is 2.25. The molecule has 7 heteroatoms. The summed E-state index contributed by atoms with van der Waals surface area (Å²) in [5.41, 5.74) is -0.319. The molecule has 19 heavy (non-hydrogen) atoms. The SMILES string of the molecule is CCc1nc(Cl)cc(=O)n1CCS(=O)(=O)C(C)(C)C. The largest absolute Gasteiger partial charge is 0.296 e. The number of sulfone groups is 1. The Balaban J connectivity index is 3.06. The highest BCUT2D eigenvalue weighted by Crippen LogP contribution is 2.16. The van der Waals surface area contributed by atoms with Gasteiger partial charge in [-0.15, -0.1) is 0 Å². The molecule has 0 saturated carbocycles. The lowest BCUT2D eigenvalue weighted by Crippen LogP contribution is -2.34. The third-order valence-corrected chi connectivity index (χ3v) is 5.67. The summed E-state index contributed by atoms with van der Waals surface area (Å²) in [4.78, 5) is 15.9. The molecule has 1 aromatic rings. The minimum atomic E-state index is -3.27. The molecule has 0 N–H and O–H groups in total. The summed E-state index contributed by atoms with van der Waals surface area (Å²) < 4.78 is 24.6. The highest BCUT2D eigenvalue weighted by atomic mass is 35.5. The molecule has 0 aliphatic rings. The lowest BCUT2D eigenvalue weighted by atomic mass is 10.3. The van der Waals surface area contributed by atoms with Crippen LogP contribution in [0.2, 0.25) is 5.15 Å². The van der Waals surface area contributed by atoms with Gasteiger partial charge in [-0.3, -0.25) is 9.36 Å². The standard InChI is InChI=1S/C12H19ClN2O3S/c1-5-10-14-9(13)8-11(16)15(10)6-7-19(17,18)12(2,3)4/h8H,5-7H2,1-4H3. The van der Waals surface area contributed by atoms with Crippen molar-refractivity contribution in [2.45, 2.75) is 45.4 Å². The Labute approximate surface area is 118 Å². The van der Waals surface area contributed by atoms with Crippen molar-refractivity contribution >= 4 is 21.4 Å². The molecule has 0 aromatic carbocycles. The summed E-state index contributed by atoms with van der Waals surface area (Å²) in [5.74, 6) is 0.411. The molecular formula is C12H19ClN2O3S. The zero-order valence-corrected chi connectivity index (χ0v) is 13.2. The maximum atomic E-state index is 12.0. The van der Waals surface area contributed by atoms with Gasteiger partial charge in [-0.2, -0.15) is 0 Å². The predicted octanol–water partition coefficient (Wildman–Crippen LogP) is 1.67. The van der Waals surface area contributed by atoms with E-state index in [1.807, 2.05) is 6.92 Å². The lowest BCUT2D eigenvalue weighted by Gasteiger charge is -2.20. The zero-order chi connectivity index (χ0) is 14.8. The van der Waals surface area contributed by atoms with Crippen LogP contribution in [0, 0.1) is 0 Å². The molecule has 1 aromatic heterocycles. The fourth-order valence-corrected chi connectivity index (χ4v) is 2.78. The second kappa shape index (κ2) is 5.63. The van der Waals surface area contributed by atoms with Crippen molar-refractivity contribution in [3.8, 4) is 0 Å². The van der Waals surface area contributed by atoms with Gasteiger partial charge in [-0.05, 0) is 20.8 Å². The van der Waals surface area contributed by atoms with Crippen LogP contribution in [0.1, 0.15) is 33.5 Å². The number of hydrogen-bond donors (Lipinski definition) is 0. The van der Waals surface area contributed by atoms with Gasteiger partial charge in [0.1, 0.15) is 11.0 Å². The molecular weight excluding hydrogens is 288 g/mol. The van der Waals surface area contributed by atoms with Crippen LogP contribution in [0.4, 0.5) is 0 Å². The number of aryl methyl sites for hydroxylation is 1. The molecule has 0 radical (unpaired) electrons. The summed E-state index contributed by atoms with van der Waals surface area (Å²) in [6.07, 6.45) is 0.519. The van der Waals surface area contributed by atoms with Crippen molar-refractivity contribution < 1.29 is 8.42 Å². The van der Waals surface area contributed by atoms with Gasteiger partial charge in [0.05, 0.1) is 10.5 Å². The van der Waals surface area contributed by atoms with Crippen LogP contribution >= 0.6 is 11.6 Å². The summed E-state index contributed by atoms with van der Waals surface area (Å²) in [6, 6.07) is 1.20. The molecule has 1 rings (SSSR count). The van der Waals surface area contributed by atoms with Gasteiger partial charge in [0.2, 0.25) is 0 Å². The Morgan fingerprint density at radius 2 is 1.95 bits per heavy atom. The highest BCUT2D eigenvalue weighted by molar-refractivity contribution is 7.92. The Hall–Kier alpha value is -0.880. The van der Waals surface area contributed by atoms with E-state index >= 15 is 0 Å². The van der Waals surface area contributed by atoms with Crippen LogP contribution in [-0.4, -0.2) is 28.5 Å². The van der Waals surface area contributed by atoms with Crippen LogP contribution < -0.4 is 5.56 Å². The van der Waals surface area contributed by atoms with E-state index in [1.165, 1.54) is 10.6 Å². The number of hydrogen-bond acceptors (Lipinski definition) is 4. The van der Waals surface area contributed by atoms with E-state index in [-0.39, 0.29) is 23.0 Å². The topological polar surface area (TPSA) is 69.0 Å². The van der Waals surface area contributed by atoms with Gasteiger partial charge in [-0.25, -0.2) is 13.4 Å². The van der Waals surface area contributed by atoms with Crippen molar-refractivity contribution in [3.63, 3.8) is 0 Å². The fourth-order valence-electron chi connectivity index (χ4n) is 1.55. The molecule has 0 saturated heterocycles. The summed E-state index contributed by atoms with van der Waals surface area (Å²) in [7, 11) is -3.27. The van der Waals surface area contributed by atoms with E-state index in [9.17, 15) is 13.2 Å². The minimum absolute atomic E-state index is 0.0906. The molecule has 1 heterocycles. The van der Waals surface area contributed by atoms with E-state index in [0.29, 0.717) is 12.2 Å². The summed E-state index contributed by atoms with van der Waals surface area (Å²) in [5, 5.41) is 0.136. The first-order chi connectivity index (χ1) is 8.58. The normalized spacial score (nSPS) is 12.7. The van der Waals surface area contributed by atoms with Crippen molar-refractivity contribution in [3.05, 3.63) is 27.4 Å². The molecule has 0 fully saturated rings. The quantitative estimate of drug-likeness (QED) is 0.794. The number of aromatic nitrogens is 2. The zero-order valence-electron chi connectivity index (χ0n) is 11.6. The van der Waals surface area contributed by atoms with Gasteiger partial charge >= 0.3 is 0 Å². The van der Waals surface area contributed by atoms with Crippen LogP contribution in [0.25, 0.3) is 0 Å². The molecule has 0 amide bonds. The van der Waals surface area contributed by atoms with Crippen LogP contribution in [0.15, 0.2) is 10.9 Å². The fraction of sp³-hybridized carbons (Fsp3) is 0.667. The number of halogens is 1. The molecule has 0 aliphatic carbocycles. The lowest BCUT2D eigenvalue weighted by molar-refractivity contribution is 0.549. The number of rotatable bonds is 4. The van der Waals surface area contributed by atoms with Crippen molar-refractivity contribution in [1.82, 2.24) is 9.55 Å². The minimum Gasteiger partial charge on any atom is -0.296 e. The van der Waals surface area contributed by atoms with E-state index in [4.69, 9.17) is 11.6 Å². The van der Waals surface area contributed by atoms with Gasteiger partial charge in [0.15, 0.2) is 9.84 Å². The van der Waals surface area contributed by atoms with Gasteiger partial charge in [-0.1, -0.05) is 18.5 Å². The highest BCUT2D eigenvalue weighted by Gasteiger charge is 2.28. The number of nitrogens with zero attached hydrogens (tertiary/aromatic N) is 2. The van der Waals surface area contributed by atoms with Crippen LogP contribution in [0.5, 0.6) is 0 Å². The molecule has 108 valence electrons. The first kappa shape index (κ1) is 16.2. The van der Waals surface area contributed by atoms with E-state index in [1.54, 1.807) is 20.8 Å². The Bertz CT molecular complexity index is 615. The second-order valence-electron chi connectivity index (χ2n) is 5.27. The van der Waals surface area contributed by atoms with Crippen molar-refractivity contribution in [1.29, 1.82) is 0 Å². The van der Waals surface area contributed by atoms with Gasteiger partial charge in [0, 0.05) is 19.0 Å². The van der Waals surface area contributed by atoms with Crippen LogP contribution in [0.3, 0.4) is 0 Å². The van der Waals surface area contributed by atoms with Crippen molar-refractivity contribution in [2.75, 3.05) is 5.75 Å². The van der Waals surface area contributed by atoms with E-state index < -0.39 is 14.6 Å². The summed E-state index contributed by atoms with van der Waals surface area (Å²) >= 11 is 5.72. The Morgan fingerprint density at radius 3 is 2.42 bits per heavy atom. The smallest absolute Gasteiger partial charge is 0.255 e.